The van der Waals surface area contributed by atoms with Crippen LogP contribution in [0, 0.1) is 6.92 Å². The molecule has 0 saturated carbocycles. The number of benzene rings is 1. The molecule has 1 aliphatic rings. The molecule has 1 saturated heterocycles. The SMILES string of the molecule is Cc1cccc(C2COC(C)CN2)c1. The van der Waals surface area contributed by atoms with E-state index in [0.717, 1.165) is 13.2 Å². The van der Waals surface area contributed by atoms with Gasteiger partial charge in [-0.15, -0.1) is 0 Å². The molecule has 0 radical (unpaired) electrons. The molecule has 1 N–H and O–H groups in total. The van der Waals surface area contributed by atoms with Gasteiger partial charge in [-0.25, -0.2) is 0 Å². The second-order valence-corrected chi connectivity index (χ2v) is 4.02. The maximum atomic E-state index is 5.62. The fourth-order valence-corrected chi connectivity index (χ4v) is 1.79. The molecule has 0 bridgehead atoms. The number of hydrogen-bond acceptors (Lipinski definition) is 2. The monoisotopic (exact) mass is 191 g/mol. The van der Waals surface area contributed by atoms with Crippen LogP contribution < -0.4 is 5.32 Å². The van der Waals surface area contributed by atoms with Crippen LogP contribution in [0.1, 0.15) is 24.1 Å². The summed E-state index contributed by atoms with van der Waals surface area (Å²) in [5.41, 5.74) is 2.64. The first-order valence-corrected chi connectivity index (χ1v) is 5.17. The third-order valence-corrected chi connectivity index (χ3v) is 2.64. The van der Waals surface area contributed by atoms with E-state index in [0.29, 0.717) is 12.1 Å². The zero-order valence-corrected chi connectivity index (χ0v) is 8.79. The topological polar surface area (TPSA) is 21.3 Å². The van der Waals surface area contributed by atoms with Crippen molar-refractivity contribution in [1.82, 2.24) is 5.32 Å². The van der Waals surface area contributed by atoms with Crippen LogP contribution in [0.2, 0.25) is 0 Å². The van der Waals surface area contributed by atoms with Gasteiger partial charge in [0.25, 0.3) is 0 Å². The van der Waals surface area contributed by atoms with Gasteiger partial charge in [0.2, 0.25) is 0 Å². The van der Waals surface area contributed by atoms with Crippen molar-refractivity contribution in [3.8, 4) is 0 Å². The number of rotatable bonds is 1. The van der Waals surface area contributed by atoms with Crippen molar-refractivity contribution < 1.29 is 4.74 Å². The molecule has 1 aromatic rings. The van der Waals surface area contributed by atoms with E-state index >= 15 is 0 Å². The lowest BCUT2D eigenvalue weighted by Crippen LogP contribution is -2.39. The number of hydrogen-bond donors (Lipinski definition) is 1. The summed E-state index contributed by atoms with van der Waals surface area (Å²) in [6.07, 6.45) is 0.344. The third-order valence-electron chi connectivity index (χ3n) is 2.64. The minimum atomic E-state index is 0.344. The molecule has 76 valence electrons. The molecule has 0 amide bonds. The molecule has 2 unspecified atom stereocenters. The van der Waals surface area contributed by atoms with Gasteiger partial charge in [-0.05, 0) is 19.4 Å². The molecule has 14 heavy (non-hydrogen) atoms. The van der Waals surface area contributed by atoms with E-state index < -0.39 is 0 Å². The van der Waals surface area contributed by atoms with Crippen molar-refractivity contribution in [2.75, 3.05) is 13.2 Å². The highest BCUT2D eigenvalue weighted by Crippen LogP contribution is 2.18. The summed E-state index contributed by atoms with van der Waals surface area (Å²) in [4.78, 5) is 0. The largest absolute Gasteiger partial charge is 0.375 e. The van der Waals surface area contributed by atoms with E-state index in [1.54, 1.807) is 0 Å². The van der Waals surface area contributed by atoms with Crippen LogP contribution in [0.4, 0.5) is 0 Å². The molecular weight excluding hydrogens is 174 g/mol. The minimum absolute atomic E-state index is 0.344. The third kappa shape index (κ3) is 2.14. The van der Waals surface area contributed by atoms with Crippen molar-refractivity contribution in [2.24, 2.45) is 0 Å². The van der Waals surface area contributed by atoms with Crippen LogP contribution in [-0.4, -0.2) is 19.3 Å². The van der Waals surface area contributed by atoms with Crippen LogP contribution in [0.15, 0.2) is 24.3 Å². The van der Waals surface area contributed by atoms with Gasteiger partial charge in [-0.3, -0.25) is 0 Å². The summed E-state index contributed by atoms with van der Waals surface area (Å²) in [7, 11) is 0. The number of aryl methyl sites for hydroxylation is 1. The number of ether oxygens (including phenoxy) is 1. The molecule has 2 rings (SSSR count). The number of nitrogens with one attached hydrogen (secondary N) is 1. The second kappa shape index (κ2) is 4.11. The lowest BCUT2D eigenvalue weighted by atomic mass is 10.0. The normalized spacial score (nSPS) is 27.6. The molecule has 2 nitrogen and oxygen atoms in total. The smallest absolute Gasteiger partial charge is 0.0672 e. The minimum Gasteiger partial charge on any atom is -0.375 e. The van der Waals surface area contributed by atoms with Gasteiger partial charge in [0, 0.05) is 6.54 Å². The summed E-state index contributed by atoms with van der Waals surface area (Å²) in [5.74, 6) is 0. The Kier molecular flexibility index (Phi) is 2.85. The van der Waals surface area contributed by atoms with E-state index in [1.165, 1.54) is 11.1 Å². The van der Waals surface area contributed by atoms with E-state index in [2.05, 4.69) is 43.4 Å². The average molecular weight is 191 g/mol. The Morgan fingerprint density at radius 3 is 2.93 bits per heavy atom. The highest BCUT2D eigenvalue weighted by Gasteiger charge is 2.18. The van der Waals surface area contributed by atoms with E-state index in [4.69, 9.17) is 4.74 Å². The van der Waals surface area contributed by atoms with Crippen molar-refractivity contribution >= 4 is 0 Å². The first kappa shape index (κ1) is 9.69. The van der Waals surface area contributed by atoms with Crippen molar-refractivity contribution in [1.29, 1.82) is 0 Å². The molecule has 0 aromatic heterocycles. The zero-order valence-electron chi connectivity index (χ0n) is 8.79. The molecule has 0 aliphatic carbocycles. The fraction of sp³-hybridized carbons (Fsp3) is 0.500. The quantitative estimate of drug-likeness (QED) is 0.733. The lowest BCUT2D eigenvalue weighted by Gasteiger charge is -2.28. The molecule has 1 aliphatic heterocycles. The summed E-state index contributed by atoms with van der Waals surface area (Å²) in [5, 5.41) is 3.49. The predicted octanol–water partition coefficient (Wildman–Crippen LogP) is 2.04. The van der Waals surface area contributed by atoms with Crippen molar-refractivity contribution in [3.63, 3.8) is 0 Å². The molecular formula is C12H17NO. The average Bonchev–Trinajstić information content (AvgIpc) is 2.19. The van der Waals surface area contributed by atoms with Gasteiger partial charge in [0.05, 0.1) is 18.8 Å². The highest BCUT2D eigenvalue weighted by molar-refractivity contribution is 5.25. The Morgan fingerprint density at radius 2 is 2.29 bits per heavy atom. The van der Waals surface area contributed by atoms with E-state index in [-0.39, 0.29) is 0 Å². The van der Waals surface area contributed by atoms with Crippen LogP contribution in [0.25, 0.3) is 0 Å². The van der Waals surface area contributed by atoms with Crippen LogP contribution in [0.5, 0.6) is 0 Å². The van der Waals surface area contributed by atoms with Gasteiger partial charge >= 0.3 is 0 Å². The highest BCUT2D eigenvalue weighted by atomic mass is 16.5. The van der Waals surface area contributed by atoms with Crippen molar-refractivity contribution in [3.05, 3.63) is 35.4 Å². The summed E-state index contributed by atoms with van der Waals surface area (Å²) >= 11 is 0. The van der Waals surface area contributed by atoms with Crippen LogP contribution >= 0.6 is 0 Å². The van der Waals surface area contributed by atoms with Gasteiger partial charge in [-0.1, -0.05) is 29.8 Å². The van der Waals surface area contributed by atoms with E-state index in [9.17, 15) is 0 Å². The molecule has 1 aromatic carbocycles. The van der Waals surface area contributed by atoms with E-state index in [1.807, 2.05) is 0 Å². The maximum absolute atomic E-state index is 5.62. The summed E-state index contributed by atoms with van der Waals surface area (Å²) in [6.45, 7) is 5.94. The molecule has 1 fully saturated rings. The lowest BCUT2D eigenvalue weighted by molar-refractivity contribution is 0.0149. The Hall–Kier alpha value is -0.860. The van der Waals surface area contributed by atoms with Gasteiger partial charge in [-0.2, -0.15) is 0 Å². The first-order valence-electron chi connectivity index (χ1n) is 5.17. The fourth-order valence-electron chi connectivity index (χ4n) is 1.79. The van der Waals surface area contributed by atoms with Crippen molar-refractivity contribution in [2.45, 2.75) is 26.0 Å². The number of morpholine rings is 1. The maximum Gasteiger partial charge on any atom is 0.0672 e. The molecule has 2 atom stereocenters. The molecule has 1 heterocycles. The van der Waals surface area contributed by atoms with Gasteiger partial charge in [0.15, 0.2) is 0 Å². The van der Waals surface area contributed by atoms with Crippen LogP contribution in [-0.2, 0) is 4.74 Å². The zero-order chi connectivity index (χ0) is 9.97. The molecule has 2 heteroatoms. The Balaban J connectivity index is 2.08. The molecule has 0 spiro atoms. The van der Waals surface area contributed by atoms with Gasteiger partial charge in [0.1, 0.15) is 0 Å². The summed E-state index contributed by atoms with van der Waals surface area (Å²) < 4.78 is 5.62. The van der Waals surface area contributed by atoms with Crippen LogP contribution in [0.3, 0.4) is 0 Å². The Bertz CT molecular complexity index is 303. The van der Waals surface area contributed by atoms with Gasteiger partial charge < -0.3 is 10.1 Å². The Labute approximate surface area is 85.3 Å². The Morgan fingerprint density at radius 1 is 1.43 bits per heavy atom. The second-order valence-electron chi connectivity index (χ2n) is 4.02. The first-order chi connectivity index (χ1) is 6.75. The predicted molar refractivity (Wildman–Crippen MR) is 57.3 cm³/mol. The standard InChI is InChI=1S/C12H17NO/c1-9-4-3-5-11(6-9)12-8-14-10(2)7-13-12/h3-6,10,12-13H,7-8H2,1-2H3. The summed E-state index contributed by atoms with van der Waals surface area (Å²) in [6, 6.07) is 8.97.